The van der Waals surface area contributed by atoms with Gasteiger partial charge in [0.2, 0.25) is 6.33 Å². The molecule has 2 aromatic heterocycles. The number of nitrogen functional groups attached to an aromatic ring is 1. The van der Waals surface area contributed by atoms with Gasteiger partial charge in [-0.2, -0.15) is 4.68 Å². The van der Waals surface area contributed by atoms with Crippen LogP contribution in [0.5, 0.6) is 0 Å². The molecule has 0 saturated heterocycles. The summed E-state index contributed by atoms with van der Waals surface area (Å²) in [6.07, 6.45) is 2.48. The van der Waals surface area contributed by atoms with Gasteiger partial charge in [0, 0.05) is 5.10 Å². The van der Waals surface area contributed by atoms with Gasteiger partial charge in [0.05, 0.1) is 11.8 Å². The van der Waals surface area contributed by atoms with Crippen molar-refractivity contribution < 1.29 is 14.1 Å². The number of carbonyl (C=O) groups excluding carboxylic acids is 1. The second kappa shape index (κ2) is 4.63. The van der Waals surface area contributed by atoms with E-state index in [9.17, 15) is 14.9 Å². The number of rotatable bonds is 4. The molecule has 18 heavy (non-hydrogen) atoms. The summed E-state index contributed by atoms with van der Waals surface area (Å²) in [7, 11) is 0. The molecule has 10 heteroatoms. The largest absolute Gasteiger partial charge is 0.490 e. The Kier molecular flexibility index (Phi) is 3.02. The van der Waals surface area contributed by atoms with Gasteiger partial charge in [0.1, 0.15) is 12.3 Å². The van der Waals surface area contributed by atoms with Crippen molar-refractivity contribution in [3.8, 4) is 0 Å². The fourth-order valence-corrected chi connectivity index (χ4v) is 1.33. The Morgan fingerprint density at radius 1 is 1.67 bits per heavy atom. The number of furan rings is 1. The summed E-state index contributed by atoms with van der Waals surface area (Å²) < 4.78 is 6.27. The first-order valence-corrected chi connectivity index (χ1v) is 4.73. The van der Waals surface area contributed by atoms with E-state index in [1.807, 2.05) is 5.43 Å². The summed E-state index contributed by atoms with van der Waals surface area (Å²) in [5, 5.41) is 14.0. The quantitative estimate of drug-likeness (QED) is 0.321. The van der Waals surface area contributed by atoms with Crippen LogP contribution in [0.1, 0.15) is 16.1 Å². The van der Waals surface area contributed by atoms with E-state index in [1.165, 1.54) is 23.3 Å². The van der Waals surface area contributed by atoms with Crippen molar-refractivity contribution >= 4 is 11.9 Å². The molecule has 1 amide bonds. The fourth-order valence-electron chi connectivity index (χ4n) is 1.33. The number of nitro groups is 1. The van der Waals surface area contributed by atoms with Crippen LogP contribution >= 0.6 is 0 Å². The lowest BCUT2D eigenvalue weighted by molar-refractivity contribution is -0.394. The van der Waals surface area contributed by atoms with Gasteiger partial charge in [0.25, 0.3) is 5.91 Å². The van der Waals surface area contributed by atoms with Crippen LogP contribution < -0.4 is 11.3 Å². The highest BCUT2D eigenvalue weighted by atomic mass is 16.6. The van der Waals surface area contributed by atoms with E-state index < -0.39 is 16.8 Å². The van der Waals surface area contributed by atoms with E-state index in [4.69, 9.17) is 10.3 Å². The third kappa shape index (κ3) is 2.17. The van der Waals surface area contributed by atoms with Crippen LogP contribution in [0.15, 0.2) is 23.1 Å². The third-order valence-corrected chi connectivity index (χ3v) is 2.11. The maximum atomic E-state index is 11.3. The molecule has 3 N–H and O–H groups in total. The summed E-state index contributed by atoms with van der Waals surface area (Å²) in [4.78, 5) is 24.5. The van der Waals surface area contributed by atoms with E-state index >= 15 is 0 Å². The summed E-state index contributed by atoms with van der Waals surface area (Å²) in [6, 6.07) is 1.43. The standard InChI is InChI=1S/C8H8N6O4/c9-11-7(15)5-1-2-18-6(5)3-13-4-10-8(12-13)14(16)17/h1-2,4H,3,9H2,(H,11,15). The Balaban J connectivity index is 2.20. The highest BCUT2D eigenvalue weighted by Crippen LogP contribution is 2.12. The number of hydrogen-bond acceptors (Lipinski definition) is 7. The van der Waals surface area contributed by atoms with Crippen molar-refractivity contribution in [1.29, 1.82) is 0 Å². The molecule has 0 aromatic carbocycles. The number of nitrogens with one attached hydrogen (secondary N) is 1. The second-order valence-electron chi connectivity index (χ2n) is 3.23. The van der Waals surface area contributed by atoms with E-state index in [0.29, 0.717) is 0 Å². The maximum absolute atomic E-state index is 11.3. The molecule has 0 radical (unpaired) electrons. The first-order chi connectivity index (χ1) is 8.61. The van der Waals surface area contributed by atoms with Crippen LogP contribution in [0.25, 0.3) is 0 Å². The zero-order chi connectivity index (χ0) is 13.1. The SMILES string of the molecule is NNC(=O)c1ccoc1Cn1cnc([N+](=O)[O-])n1. The molecular weight excluding hydrogens is 244 g/mol. The topological polar surface area (TPSA) is 142 Å². The summed E-state index contributed by atoms with van der Waals surface area (Å²) >= 11 is 0. The van der Waals surface area contributed by atoms with Gasteiger partial charge in [-0.15, -0.1) is 0 Å². The number of amides is 1. The molecule has 0 aliphatic rings. The Bertz CT molecular complexity index is 588. The number of carbonyl (C=O) groups is 1. The Morgan fingerprint density at radius 2 is 2.44 bits per heavy atom. The minimum absolute atomic E-state index is 0.0383. The highest BCUT2D eigenvalue weighted by molar-refractivity contribution is 5.94. The minimum Gasteiger partial charge on any atom is -0.466 e. The molecule has 0 unspecified atom stereocenters. The van der Waals surface area contributed by atoms with Crippen LogP contribution in [-0.2, 0) is 6.54 Å². The Hall–Kier alpha value is -2.75. The molecule has 0 atom stereocenters. The molecule has 0 aliphatic carbocycles. The van der Waals surface area contributed by atoms with Crippen LogP contribution in [-0.4, -0.2) is 25.6 Å². The average molecular weight is 252 g/mol. The van der Waals surface area contributed by atoms with Gasteiger partial charge in [0.15, 0.2) is 0 Å². The molecule has 10 nitrogen and oxygen atoms in total. The number of hydrazine groups is 1. The van der Waals surface area contributed by atoms with E-state index in [0.717, 1.165) is 0 Å². The van der Waals surface area contributed by atoms with Crippen molar-refractivity contribution in [2.75, 3.05) is 0 Å². The third-order valence-electron chi connectivity index (χ3n) is 2.11. The molecule has 2 aromatic rings. The van der Waals surface area contributed by atoms with Gasteiger partial charge in [-0.3, -0.25) is 10.2 Å². The minimum atomic E-state index is -0.716. The lowest BCUT2D eigenvalue weighted by atomic mass is 10.2. The van der Waals surface area contributed by atoms with Crippen molar-refractivity contribution in [3.05, 3.63) is 40.1 Å². The number of hydrogen-bond donors (Lipinski definition) is 2. The smallest absolute Gasteiger partial charge is 0.466 e. The number of nitrogens with two attached hydrogens (primary N) is 1. The summed E-state index contributed by atoms with van der Waals surface area (Å²) in [5.74, 6) is 4.24. The van der Waals surface area contributed by atoms with Crippen LogP contribution in [0.2, 0.25) is 0 Å². The average Bonchev–Trinajstić information content (AvgIpc) is 2.97. The predicted octanol–water partition coefficient (Wildman–Crippen LogP) is -0.569. The van der Waals surface area contributed by atoms with Gasteiger partial charge in [-0.1, -0.05) is 4.98 Å². The Morgan fingerprint density at radius 3 is 3.06 bits per heavy atom. The van der Waals surface area contributed by atoms with Crippen molar-refractivity contribution in [3.63, 3.8) is 0 Å². The lowest BCUT2D eigenvalue weighted by Crippen LogP contribution is -2.30. The van der Waals surface area contributed by atoms with Crippen LogP contribution in [0, 0.1) is 10.1 Å². The molecule has 0 bridgehead atoms. The summed E-state index contributed by atoms with van der Waals surface area (Å²) in [5.41, 5.74) is 2.20. The fraction of sp³-hybridized carbons (Fsp3) is 0.125. The van der Waals surface area contributed by atoms with Crippen LogP contribution in [0.3, 0.4) is 0 Å². The number of aromatic nitrogens is 3. The van der Waals surface area contributed by atoms with Crippen molar-refractivity contribution in [2.45, 2.75) is 6.54 Å². The van der Waals surface area contributed by atoms with Gasteiger partial charge in [-0.25, -0.2) is 5.84 Å². The number of nitrogens with zero attached hydrogens (tertiary/aromatic N) is 4. The van der Waals surface area contributed by atoms with Crippen molar-refractivity contribution in [1.82, 2.24) is 20.2 Å². The first kappa shape index (κ1) is 11.7. The molecule has 2 rings (SSSR count). The highest BCUT2D eigenvalue weighted by Gasteiger charge is 2.18. The maximum Gasteiger partial charge on any atom is 0.490 e. The van der Waals surface area contributed by atoms with Crippen LogP contribution in [0.4, 0.5) is 5.95 Å². The second-order valence-corrected chi connectivity index (χ2v) is 3.23. The summed E-state index contributed by atoms with van der Waals surface area (Å²) in [6.45, 7) is 0.0383. The molecule has 2 heterocycles. The molecule has 94 valence electrons. The normalized spacial score (nSPS) is 10.3. The lowest BCUT2D eigenvalue weighted by Gasteiger charge is -1.98. The van der Waals surface area contributed by atoms with Crippen molar-refractivity contribution in [2.24, 2.45) is 5.84 Å². The molecule has 0 saturated carbocycles. The predicted molar refractivity (Wildman–Crippen MR) is 56.1 cm³/mol. The monoisotopic (exact) mass is 252 g/mol. The zero-order valence-electron chi connectivity index (χ0n) is 8.94. The van der Waals surface area contributed by atoms with E-state index in [1.54, 1.807) is 0 Å². The van der Waals surface area contributed by atoms with Gasteiger partial charge >= 0.3 is 5.95 Å². The van der Waals surface area contributed by atoms with E-state index in [2.05, 4.69) is 10.1 Å². The molecular formula is C8H8N6O4. The van der Waals surface area contributed by atoms with Gasteiger partial charge in [-0.05, 0) is 11.0 Å². The van der Waals surface area contributed by atoms with Gasteiger partial charge < -0.3 is 14.5 Å². The molecule has 0 aliphatic heterocycles. The molecule has 0 spiro atoms. The molecule has 0 fully saturated rings. The first-order valence-electron chi connectivity index (χ1n) is 4.73. The zero-order valence-corrected chi connectivity index (χ0v) is 8.94. The Labute approximate surface area is 99.5 Å². The van der Waals surface area contributed by atoms with E-state index in [-0.39, 0.29) is 17.9 Å².